The summed E-state index contributed by atoms with van der Waals surface area (Å²) in [5.41, 5.74) is 1.46. The molecule has 2 bridgehead atoms. The highest BCUT2D eigenvalue weighted by Crippen LogP contribution is 2.72. The summed E-state index contributed by atoms with van der Waals surface area (Å²) in [4.78, 5) is 1.98. The molecule has 3 N–H and O–H groups in total. The Labute approximate surface area is 211 Å². The molecule has 2 spiro atoms. The number of nitrogens with one attached hydrogen (secondary N) is 1. The summed E-state index contributed by atoms with van der Waals surface area (Å²) in [6.45, 7) is 4.34. The van der Waals surface area contributed by atoms with Crippen LogP contribution < -0.4 is 0 Å². The fourth-order valence-corrected chi connectivity index (χ4v) is 9.32. The Morgan fingerprint density at radius 3 is 2.69 bits per heavy atom. The lowest BCUT2D eigenvalue weighted by atomic mass is 9.51. The van der Waals surface area contributed by atoms with Crippen molar-refractivity contribution in [3.8, 4) is 0 Å². The molecule has 3 aliphatic carbocycles. The molecule has 0 amide bonds. The zero-order chi connectivity index (χ0) is 25.3. The molecule has 2 aromatic rings. The SMILES string of the molecule is Cc1n[nH]c2ccc(C3=CCC4[C@@]56CC[C@]7(C[C@H](N(C)C)[C@@H](O)[C@H](O)C7CC5(F)CC[C@]34C)O6)cc12. The van der Waals surface area contributed by atoms with Gasteiger partial charge in [-0.3, -0.25) is 5.10 Å². The second kappa shape index (κ2) is 7.19. The van der Waals surface area contributed by atoms with Crippen molar-refractivity contribution in [2.24, 2.45) is 17.3 Å². The second-order valence-electron chi connectivity index (χ2n) is 12.9. The average Bonchev–Trinajstić information content (AvgIpc) is 3.50. The molecule has 0 radical (unpaired) electrons. The first kappa shape index (κ1) is 23.3. The van der Waals surface area contributed by atoms with Crippen LogP contribution in [0, 0.1) is 24.2 Å². The molecule has 6 nitrogen and oxygen atoms in total. The third-order valence-corrected chi connectivity index (χ3v) is 11.3. The van der Waals surface area contributed by atoms with Gasteiger partial charge in [0, 0.05) is 23.3 Å². The summed E-state index contributed by atoms with van der Waals surface area (Å²) in [5, 5.41) is 30.7. The van der Waals surface area contributed by atoms with Gasteiger partial charge in [-0.05, 0) is 94.6 Å². The fourth-order valence-electron chi connectivity index (χ4n) is 9.32. The van der Waals surface area contributed by atoms with Crippen LogP contribution in [-0.4, -0.2) is 74.5 Å². The van der Waals surface area contributed by atoms with E-state index in [2.05, 4.69) is 41.4 Å². The Balaban J connectivity index is 1.28. The van der Waals surface area contributed by atoms with Gasteiger partial charge >= 0.3 is 0 Å². The first-order valence-corrected chi connectivity index (χ1v) is 13.6. The molecule has 9 atom stereocenters. The third kappa shape index (κ3) is 2.68. The number of fused-ring (bicyclic) bond motifs is 2. The molecule has 1 aromatic carbocycles. The fraction of sp³-hybridized carbons (Fsp3) is 0.690. The lowest BCUT2D eigenvalue weighted by molar-refractivity contribution is -0.314. The molecule has 36 heavy (non-hydrogen) atoms. The van der Waals surface area contributed by atoms with Crippen molar-refractivity contribution < 1.29 is 19.3 Å². The Kier molecular flexibility index (Phi) is 4.66. The van der Waals surface area contributed by atoms with E-state index in [1.165, 1.54) is 11.1 Å². The number of aliphatic hydroxyl groups excluding tert-OH is 2. The van der Waals surface area contributed by atoms with Gasteiger partial charge in [-0.15, -0.1) is 0 Å². The number of aromatic amines is 1. The highest BCUT2D eigenvalue weighted by molar-refractivity contribution is 5.87. The van der Waals surface area contributed by atoms with E-state index in [0.29, 0.717) is 19.3 Å². The number of H-pyrrole nitrogens is 1. The Morgan fingerprint density at radius 2 is 1.92 bits per heavy atom. The molecule has 194 valence electrons. The molecule has 4 fully saturated rings. The van der Waals surface area contributed by atoms with E-state index in [1.807, 2.05) is 25.9 Å². The number of aryl methyl sites for hydroxylation is 1. The van der Waals surface area contributed by atoms with Crippen LogP contribution in [0.5, 0.6) is 0 Å². The van der Waals surface area contributed by atoms with E-state index in [4.69, 9.17) is 4.74 Å². The number of halogens is 1. The number of likely N-dealkylation sites (N-methyl/N-ethyl adjacent to an activating group) is 1. The number of hydrogen-bond acceptors (Lipinski definition) is 5. The van der Waals surface area contributed by atoms with Crippen LogP contribution in [0.3, 0.4) is 0 Å². The van der Waals surface area contributed by atoms with Crippen molar-refractivity contribution in [2.45, 2.75) is 93.9 Å². The number of rotatable bonds is 2. The monoisotopic (exact) mass is 495 g/mol. The van der Waals surface area contributed by atoms with Gasteiger partial charge in [-0.25, -0.2) is 4.39 Å². The van der Waals surface area contributed by atoms with Gasteiger partial charge in [0.1, 0.15) is 11.3 Å². The van der Waals surface area contributed by atoms with Gasteiger partial charge in [0.25, 0.3) is 0 Å². The van der Waals surface area contributed by atoms with Crippen molar-refractivity contribution in [1.82, 2.24) is 15.1 Å². The summed E-state index contributed by atoms with van der Waals surface area (Å²) in [6, 6.07) is 6.31. The van der Waals surface area contributed by atoms with Crippen LogP contribution in [0.25, 0.3) is 16.5 Å². The summed E-state index contributed by atoms with van der Waals surface area (Å²) >= 11 is 0. The summed E-state index contributed by atoms with van der Waals surface area (Å²) < 4.78 is 24.3. The maximum atomic E-state index is 17.2. The molecular weight excluding hydrogens is 457 g/mol. The molecule has 7 heteroatoms. The molecule has 7 rings (SSSR count). The van der Waals surface area contributed by atoms with E-state index >= 15 is 4.39 Å². The van der Waals surface area contributed by atoms with Gasteiger partial charge < -0.3 is 19.8 Å². The zero-order valence-electron chi connectivity index (χ0n) is 21.7. The van der Waals surface area contributed by atoms with Gasteiger partial charge in [0.2, 0.25) is 0 Å². The van der Waals surface area contributed by atoms with E-state index in [9.17, 15) is 10.2 Å². The number of ether oxygens (including phenoxy) is 1. The predicted octanol–water partition coefficient (Wildman–Crippen LogP) is 4.15. The highest BCUT2D eigenvalue weighted by atomic mass is 19.1. The maximum absolute atomic E-state index is 17.2. The van der Waals surface area contributed by atoms with Gasteiger partial charge in [-0.2, -0.15) is 5.10 Å². The Hall–Kier alpha value is -1.80. The van der Waals surface area contributed by atoms with Gasteiger partial charge in [0.05, 0.1) is 29.0 Å². The van der Waals surface area contributed by atoms with Gasteiger partial charge in [-0.1, -0.05) is 19.1 Å². The standard InChI is InChI=1S/C29H38FN3O3/c1-16-18-13-17(5-7-21(18)32-31-16)19-6-8-23-26(19,2)9-11-28(30)14-20-24(34)25(35)22(33(3)4)15-27(20)10-12-29(23,28)36-27/h5-7,13,20,22-25,34-35H,8-12,14-15H2,1-4H3,(H,31,32)/t20?,22-,23?,24+,25+,26+,27+,28?,29-/m0/s1. The summed E-state index contributed by atoms with van der Waals surface area (Å²) in [6.07, 6.45) is 4.84. The Bertz CT molecular complexity index is 1280. The number of aromatic nitrogens is 2. The van der Waals surface area contributed by atoms with Crippen LogP contribution in [-0.2, 0) is 4.74 Å². The normalized spacial score (nSPS) is 47.6. The molecule has 2 saturated heterocycles. The zero-order valence-corrected chi connectivity index (χ0v) is 21.7. The van der Waals surface area contributed by atoms with Crippen LogP contribution in [0.1, 0.15) is 63.1 Å². The second-order valence-corrected chi connectivity index (χ2v) is 12.9. The first-order chi connectivity index (χ1) is 17.0. The first-order valence-electron chi connectivity index (χ1n) is 13.6. The average molecular weight is 496 g/mol. The lowest BCUT2D eigenvalue weighted by Gasteiger charge is -2.64. The van der Waals surface area contributed by atoms with Crippen LogP contribution in [0.2, 0.25) is 0 Å². The van der Waals surface area contributed by atoms with Crippen LogP contribution in [0.4, 0.5) is 4.39 Å². The molecular formula is C29H38FN3O3. The minimum absolute atomic E-state index is 0.0574. The van der Waals surface area contributed by atoms with Gasteiger partial charge in [0.15, 0.2) is 0 Å². The van der Waals surface area contributed by atoms with E-state index < -0.39 is 29.1 Å². The number of aliphatic hydroxyl groups is 2. The molecule has 1 aromatic heterocycles. The van der Waals surface area contributed by atoms with E-state index in [0.717, 1.165) is 35.9 Å². The molecule has 5 aliphatic rings. The molecule has 2 aliphatic heterocycles. The summed E-state index contributed by atoms with van der Waals surface area (Å²) in [7, 11) is 3.88. The van der Waals surface area contributed by atoms with Crippen LogP contribution >= 0.6 is 0 Å². The smallest absolute Gasteiger partial charge is 0.140 e. The van der Waals surface area contributed by atoms with Crippen molar-refractivity contribution in [3.63, 3.8) is 0 Å². The largest absolute Gasteiger partial charge is 0.390 e. The maximum Gasteiger partial charge on any atom is 0.140 e. The van der Waals surface area contributed by atoms with E-state index in [-0.39, 0.29) is 29.7 Å². The van der Waals surface area contributed by atoms with E-state index in [1.54, 1.807) is 0 Å². The molecule has 2 saturated carbocycles. The Morgan fingerprint density at radius 1 is 1.11 bits per heavy atom. The van der Waals surface area contributed by atoms with Crippen molar-refractivity contribution in [1.29, 1.82) is 0 Å². The third-order valence-electron chi connectivity index (χ3n) is 11.3. The highest BCUT2D eigenvalue weighted by Gasteiger charge is 2.77. The quantitative estimate of drug-likeness (QED) is 0.583. The topological polar surface area (TPSA) is 81.6 Å². The van der Waals surface area contributed by atoms with Crippen molar-refractivity contribution in [2.75, 3.05) is 14.1 Å². The van der Waals surface area contributed by atoms with Crippen LogP contribution in [0.15, 0.2) is 24.3 Å². The minimum atomic E-state index is -1.48. The summed E-state index contributed by atoms with van der Waals surface area (Å²) in [5.74, 6) is -0.309. The number of benzene rings is 1. The molecule has 3 heterocycles. The van der Waals surface area contributed by atoms with Crippen molar-refractivity contribution >= 4 is 16.5 Å². The van der Waals surface area contributed by atoms with Crippen molar-refractivity contribution in [3.05, 3.63) is 35.5 Å². The number of nitrogens with zero attached hydrogens (tertiary/aromatic N) is 2. The lowest BCUT2D eigenvalue weighted by Crippen LogP contribution is -2.72. The number of allylic oxidation sites excluding steroid dienone is 2. The number of hydrogen-bond donors (Lipinski definition) is 3. The molecule has 3 unspecified atom stereocenters. The number of alkyl halides is 1. The predicted molar refractivity (Wildman–Crippen MR) is 136 cm³/mol. The minimum Gasteiger partial charge on any atom is -0.390 e.